The summed E-state index contributed by atoms with van der Waals surface area (Å²) < 4.78 is 5.70. The second kappa shape index (κ2) is 11.0. The molecule has 168 valence electrons. The fraction of sp³-hybridized carbons (Fsp3) is 0.696. The normalized spacial score (nSPS) is 22.7. The maximum Gasteiger partial charge on any atom is 0.193 e. The lowest BCUT2D eigenvalue weighted by Gasteiger charge is -2.45. The molecule has 0 spiro atoms. The lowest BCUT2D eigenvalue weighted by Crippen LogP contribution is -2.60. The van der Waals surface area contributed by atoms with Gasteiger partial charge in [-0.25, -0.2) is 0 Å². The Bertz CT molecular complexity index is 693. The molecule has 0 aliphatic carbocycles. The van der Waals surface area contributed by atoms with Crippen molar-refractivity contribution in [3.63, 3.8) is 0 Å². The number of guanidine groups is 1. The summed E-state index contributed by atoms with van der Waals surface area (Å²) in [7, 11) is 1.92. The fourth-order valence-corrected chi connectivity index (χ4v) is 5.12. The average molecular weight is 527 g/mol. The van der Waals surface area contributed by atoms with Gasteiger partial charge in [-0.1, -0.05) is 12.1 Å². The molecule has 3 heterocycles. The molecule has 3 aliphatic rings. The number of hydrogen-bond acceptors (Lipinski definition) is 4. The topological polar surface area (TPSA) is 43.3 Å². The van der Waals surface area contributed by atoms with Gasteiger partial charge in [0, 0.05) is 64.2 Å². The van der Waals surface area contributed by atoms with Crippen molar-refractivity contribution in [2.75, 3.05) is 71.0 Å². The Morgan fingerprint density at radius 1 is 1.07 bits per heavy atom. The molecule has 1 aromatic carbocycles. The molecule has 0 radical (unpaired) electrons. The minimum absolute atomic E-state index is 0. The maximum absolute atomic E-state index is 5.70. The van der Waals surface area contributed by atoms with E-state index < -0.39 is 0 Å². The van der Waals surface area contributed by atoms with Gasteiger partial charge in [-0.2, -0.15) is 0 Å². The molecule has 6 nitrogen and oxygen atoms in total. The largest absolute Gasteiger partial charge is 0.381 e. The van der Waals surface area contributed by atoms with E-state index in [1.807, 2.05) is 7.05 Å². The van der Waals surface area contributed by atoms with Crippen LogP contribution >= 0.6 is 24.0 Å². The Kier molecular flexibility index (Phi) is 8.65. The monoisotopic (exact) mass is 527 g/mol. The molecule has 1 aromatic rings. The molecule has 0 bridgehead atoms. The third-order valence-corrected chi connectivity index (χ3v) is 6.93. The number of aliphatic imine (C=N–C) groups is 1. The Labute approximate surface area is 199 Å². The minimum atomic E-state index is 0. The van der Waals surface area contributed by atoms with Crippen molar-refractivity contribution in [3.8, 4) is 0 Å². The Balaban J connectivity index is 0.00000256. The molecule has 3 fully saturated rings. The lowest BCUT2D eigenvalue weighted by molar-refractivity contribution is -0.0166. The summed E-state index contributed by atoms with van der Waals surface area (Å²) in [5.41, 5.74) is 2.89. The first-order valence-corrected chi connectivity index (χ1v) is 11.3. The number of benzene rings is 1. The molecular formula is C23H38IN5O. The molecule has 1 N–H and O–H groups in total. The third-order valence-electron chi connectivity index (χ3n) is 6.93. The van der Waals surface area contributed by atoms with Gasteiger partial charge in [0.05, 0.1) is 0 Å². The quantitative estimate of drug-likeness (QED) is 0.371. The van der Waals surface area contributed by atoms with E-state index in [2.05, 4.69) is 56.2 Å². The number of ether oxygens (including phenoxy) is 1. The van der Waals surface area contributed by atoms with Crippen molar-refractivity contribution < 1.29 is 4.74 Å². The molecule has 0 amide bonds. The van der Waals surface area contributed by atoms with E-state index in [0.29, 0.717) is 0 Å². The molecule has 3 aliphatic heterocycles. The van der Waals surface area contributed by atoms with Gasteiger partial charge in [0.25, 0.3) is 0 Å². The van der Waals surface area contributed by atoms with Gasteiger partial charge in [0.2, 0.25) is 0 Å². The Morgan fingerprint density at radius 3 is 2.40 bits per heavy atom. The average Bonchev–Trinajstić information content (AvgIpc) is 3.31. The van der Waals surface area contributed by atoms with Crippen LogP contribution < -0.4 is 10.2 Å². The number of piperazine rings is 1. The zero-order valence-corrected chi connectivity index (χ0v) is 20.9. The van der Waals surface area contributed by atoms with Crippen LogP contribution in [0.25, 0.3) is 0 Å². The van der Waals surface area contributed by atoms with Crippen LogP contribution in [0.15, 0.2) is 29.3 Å². The number of likely N-dealkylation sites (tertiary alicyclic amines) is 1. The number of rotatable bonds is 4. The van der Waals surface area contributed by atoms with Crippen molar-refractivity contribution >= 4 is 35.6 Å². The Hall–Kier alpha value is -1.06. The van der Waals surface area contributed by atoms with Crippen molar-refractivity contribution in [2.24, 2.45) is 4.99 Å². The highest BCUT2D eigenvalue weighted by Gasteiger charge is 2.40. The number of hydrogen-bond donors (Lipinski definition) is 1. The van der Waals surface area contributed by atoms with Crippen LogP contribution in [0.1, 0.15) is 31.2 Å². The van der Waals surface area contributed by atoms with Crippen LogP contribution in [0.2, 0.25) is 0 Å². The minimum Gasteiger partial charge on any atom is -0.381 e. The smallest absolute Gasteiger partial charge is 0.193 e. The van der Waals surface area contributed by atoms with E-state index in [4.69, 9.17) is 4.74 Å². The second-order valence-electron chi connectivity index (χ2n) is 8.74. The molecule has 30 heavy (non-hydrogen) atoms. The zero-order chi connectivity index (χ0) is 20.1. The second-order valence-corrected chi connectivity index (χ2v) is 8.74. The molecular weight excluding hydrogens is 489 g/mol. The number of halogens is 1. The van der Waals surface area contributed by atoms with Gasteiger partial charge < -0.3 is 19.9 Å². The molecule has 3 saturated heterocycles. The Morgan fingerprint density at radius 2 is 1.77 bits per heavy atom. The summed E-state index contributed by atoms with van der Waals surface area (Å²) in [5, 5.41) is 3.75. The summed E-state index contributed by atoms with van der Waals surface area (Å²) in [4.78, 5) is 12.2. The third kappa shape index (κ3) is 5.40. The highest BCUT2D eigenvalue weighted by molar-refractivity contribution is 14.0. The standard InChI is InChI=1S/C23H37N5O.HI/c1-20-6-5-7-21(18-20)26-12-14-27(15-13-26)22(24-2)25-19-23(8-16-29-17-9-23)28-10-3-4-11-28;/h5-7,18H,3-4,8-17,19H2,1-2H3,(H,24,25);1H. The van der Waals surface area contributed by atoms with Crippen LogP contribution in [-0.2, 0) is 4.74 Å². The number of aryl methyl sites for hydroxylation is 1. The highest BCUT2D eigenvalue weighted by atomic mass is 127. The predicted octanol–water partition coefficient (Wildman–Crippen LogP) is 2.96. The number of anilines is 1. The summed E-state index contributed by atoms with van der Waals surface area (Å²) in [6.07, 6.45) is 4.91. The van der Waals surface area contributed by atoms with Gasteiger partial charge in [0.15, 0.2) is 5.96 Å². The zero-order valence-electron chi connectivity index (χ0n) is 18.6. The molecule has 0 saturated carbocycles. The van der Waals surface area contributed by atoms with Crippen LogP contribution in [0.5, 0.6) is 0 Å². The summed E-state index contributed by atoms with van der Waals surface area (Å²) >= 11 is 0. The van der Waals surface area contributed by atoms with Crippen LogP contribution in [0.4, 0.5) is 5.69 Å². The van der Waals surface area contributed by atoms with Crippen LogP contribution in [-0.4, -0.2) is 87.4 Å². The first kappa shape index (κ1) is 23.6. The lowest BCUT2D eigenvalue weighted by atomic mass is 9.88. The van der Waals surface area contributed by atoms with Crippen molar-refractivity contribution in [1.29, 1.82) is 0 Å². The number of nitrogens with zero attached hydrogens (tertiary/aromatic N) is 4. The van der Waals surface area contributed by atoms with E-state index >= 15 is 0 Å². The van der Waals surface area contributed by atoms with E-state index in [1.165, 1.54) is 37.2 Å². The first-order chi connectivity index (χ1) is 14.2. The van der Waals surface area contributed by atoms with E-state index in [-0.39, 0.29) is 29.5 Å². The maximum atomic E-state index is 5.70. The van der Waals surface area contributed by atoms with Crippen LogP contribution in [0.3, 0.4) is 0 Å². The summed E-state index contributed by atoms with van der Waals surface area (Å²) in [5.74, 6) is 1.05. The van der Waals surface area contributed by atoms with E-state index in [9.17, 15) is 0 Å². The van der Waals surface area contributed by atoms with Crippen molar-refractivity contribution in [1.82, 2.24) is 15.1 Å². The van der Waals surface area contributed by atoms with E-state index in [1.54, 1.807) is 0 Å². The summed E-state index contributed by atoms with van der Waals surface area (Å²) in [6.45, 7) is 11.5. The molecule has 4 rings (SSSR count). The predicted molar refractivity (Wildman–Crippen MR) is 135 cm³/mol. The van der Waals surface area contributed by atoms with Gasteiger partial charge in [0.1, 0.15) is 0 Å². The van der Waals surface area contributed by atoms with E-state index in [0.717, 1.165) is 64.7 Å². The molecule has 0 aromatic heterocycles. The molecule has 7 heteroatoms. The SMILES string of the molecule is CN=C(NCC1(N2CCCC2)CCOCC1)N1CCN(c2cccc(C)c2)CC1.I. The van der Waals surface area contributed by atoms with Gasteiger partial charge in [-0.3, -0.25) is 9.89 Å². The van der Waals surface area contributed by atoms with Crippen LogP contribution in [0, 0.1) is 6.92 Å². The summed E-state index contributed by atoms with van der Waals surface area (Å²) in [6, 6.07) is 8.83. The van der Waals surface area contributed by atoms with Gasteiger partial charge in [-0.15, -0.1) is 24.0 Å². The number of nitrogens with one attached hydrogen (secondary N) is 1. The first-order valence-electron chi connectivity index (χ1n) is 11.3. The van der Waals surface area contributed by atoms with Gasteiger partial charge in [-0.05, 0) is 63.4 Å². The molecule has 0 unspecified atom stereocenters. The highest BCUT2D eigenvalue weighted by Crippen LogP contribution is 2.31. The van der Waals surface area contributed by atoms with Crippen molar-refractivity contribution in [3.05, 3.63) is 29.8 Å². The van der Waals surface area contributed by atoms with Gasteiger partial charge >= 0.3 is 0 Å². The molecule has 0 atom stereocenters. The van der Waals surface area contributed by atoms with Crippen molar-refractivity contribution in [2.45, 2.75) is 38.1 Å². The fourth-order valence-electron chi connectivity index (χ4n) is 5.12.